The molecule has 116 valence electrons. The molecular formula is C20H19NO2. The van der Waals surface area contributed by atoms with Crippen LogP contribution in [0.3, 0.4) is 0 Å². The van der Waals surface area contributed by atoms with Gasteiger partial charge in [0.15, 0.2) is 0 Å². The smallest absolute Gasteiger partial charge is 0.335 e. The number of carbonyl (C=O) groups is 1. The van der Waals surface area contributed by atoms with Crippen LogP contribution in [0.15, 0.2) is 66.7 Å². The molecule has 3 aromatic carbocycles. The molecule has 3 rings (SSSR count). The quantitative estimate of drug-likeness (QED) is 0.753. The van der Waals surface area contributed by atoms with E-state index in [0.717, 1.165) is 12.0 Å². The first-order valence-corrected chi connectivity index (χ1v) is 7.69. The maximum Gasteiger partial charge on any atom is 0.335 e. The van der Waals surface area contributed by atoms with Crippen LogP contribution in [0.2, 0.25) is 0 Å². The number of hydrogen-bond acceptors (Lipinski definition) is 2. The number of benzene rings is 3. The fourth-order valence-electron chi connectivity index (χ4n) is 2.99. The largest absolute Gasteiger partial charge is 0.478 e. The summed E-state index contributed by atoms with van der Waals surface area (Å²) in [6, 6.07) is 21.6. The van der Waals surface area contributed by atoms with Gasteiger partial charge in [-0.15, -0.1) is 0 Å². The molecule has 0 heterocycles. The maximum absolute atomic E-state index is 10.9. The number of rotatable bonds is 5. The summed E-state index contributed by atoms with van der Waals surface area (Å²) in [7, 11) is 0. The Morgan fingerprint density at radius 1 is 0.957 bits per heavy atom. The van der Waals surface area contributed by atoms with Crippen molar-refractivity contribution in [2.45, 2.75) is 12.3 Å². The lowest BCUT2D eigenvalue weighted by Gasteiger charge is -2.18. The van der Waals surface area contributed by atoms with Crippen molar-refractivity contribution in [1.29, 1.82) is 0 Å². The Balaban J connectivity index is 1.91. The zero-order valence-electron chi connectivity index (χ0n) is 12.8. The molecule has 0 aliphatic carbocycles. The fraction of sp³-hybridized carbons (Fsp3) is 0.150. The summed E-state index contributed by atoms with van der Waals surface area (Å²) in [5.41, 5.74) is 8.68. The molecule has 3 N–H and O–H groups in total. The molecule has 0 spiro atoms. The third kappa shape index (κ3) is 3.25. The van der Waals surface area contributed by atoms with Gasteiger partial charge in [0.25, 0.3) is 0 Å². The van der Waals surface area contributed by atoms with Crippen LogP contribution in [0.5, 0.6) is 0 Å². The third-order valence-electron chi connectivity index (χ3n) is 4.23. The molecule has 3 aromatic rings. The highest BCUT2D eigenvalue weighted by Crippen LogP contribution is 2.27. The van der Waals surface area contributed by atoms with Gasteiger partial charge in [-0.25, -0.2) is 4.79 Å². The van der Waals surface area contributed by atoms with Crippen molar-refractivity contribution in [2.75, 3.05) is 6.54 Å². The molecule has 0 amide bonds. The van der Waals surface area contributed by atoms with Crippen LogP contribution in [0.4, 0.5) is 0 Å². The highest BCUT2D eigenvalue weighted by Gasteiger charge is 2.14. The minimum absolute atomic E-state index is 0.205. The van der Waals surface area contributed by atoms with E-state index in [1.54, 1.807) is 12.1 Å². The molecular weight excluding hydrogens is 286 g/mol. The molecule has 0 saturated heterocycles. The predicted octanol–water partition coefficient (Wildman–Crippen LogP) is 3.82. The van der Waals surface area contributed by atoms with E-state index >= 15 is 0 Å². The standard InChI is InChI=1S/C20H19NO2/c21-13-17(12-14-8-10-16(11-9-14)20(22)23)19-7-3-5-15-4-1-2-6-18(15)19/h1-11,17H,12-13,21H2,(H,22,23). The van der Waals surface area contributed by atoms with E-state index in [4.69, 9.17) is 10.8 Å². The number of fused-ring (bicyclic) bond motifs is 1. The second-order valence-electron chi connectivity index (χ2n) is 5.71. The summed E-state index contributed by atoms with van der Waals surface area (Å²) in [4.78, 5) is 10.9. The Labute approximate surface area is 135 Å². The van der Waals surface area contributed by atoms with Gasteiger partial charge >= 0.3 is 5.97 Å². The molecule has 1 atom stereocenters. The lowest BCUT2D eigenvalue weighted by atomic mass is 9.88. The highest BCUT2D eigenvalue weighted by molar-refractivity contribution is 5.87. The number of carboxylic acid groups (broad SMARTS) is 1. The Morgan fingerprint density at radius 2 is 1.65 bits per heavy atom. The maximum atomic E-state index is 10.9. The lowest BCUT2D eigenvalue weighted by Crippen LogP contribution is -2.15. The second-order valence-corrected chi connectivity index (χ2v) is 5.71. The molecule has 0 aromatic heterocycles. The predicted molar refractivity (Wildman–Crippen MR) is 92.8 cm³/mol. The fourth-order valence-corrected chi connectivity index (χ4v) is 2.99. The van der Waals surface area contributed by atoms with Crippen molar-refractivity contribution in [1.82, 2.24) is 0 Å². The molecule has 3 nitrogen and oxygen atoms in total. The van der Waals surface area contributed by atoms with Gasteiger partial charge < -0.3 is 10.8 Å². The van der Waals surface area contributed by atoms with Gasteiger partial charge in [0.05, 0.1) is 5.56 Å². The molecule has 3 heteroatoms. The molecule has 0 aliphatic heterocycles. The molecule has 0 radical (unpaired) electrons. The Kier molecular flexibility index (Phi) is 4.40. The van der Waals surface area contributed by atoms with Crippen LogP contribution in [0.25, 0.3) is 10.8 Å². The summed E-state index contributed by atoms with van der Waals surface area (Å²) in [6.45, 7) is 0.550. The van der Waals surface area contributed by atoms with Crippen molar-refractivity contribution < 1.29 is 9.90 Å². The molecule has 0 saturated carbocycles. The van der Waals surface area contributed by atoms with Gasteiger partial charge in [-0.2, -0.15) is 0 Å². The van der Waals surface area contributed by atoms with E-state index in [-0.39, 0.29) is 5.92 Å². The minimum atomic E-state index is -0.902. The van der Waals surface area contributed by atoms with Crippen molar-refractivity contribution in [3.63, 3.8) is 0 Å². The average Bonchev–Trinajstić information content (AvgIpc) is 2.59. The second kappa shape index (κ2) is 6.63. The van der Waals surface area contributed by atoms with E-state index in [2.05, 4.69) is 30.3 Å². The van der Waals surface area contributed by atoms with E-state index in [9.17, 15) is 4.79 Å². The van der Waals surface area contributed by atoms with Crippen LogP contribution in [-0.2, 0) is 6.42 Å². The average molecular weight is 305 g/mol. The van der Waals surface area contributed by atoms with E-state index in [1.807, 2.05) is 24.3 Å². The molecule has 0 bridgehead atoms. The van der Waals surface area contributed by atoms with Crippen LogP contribution >= 0.6 is 0 Å². The van der Waals surface area contributed by atoms with E-state index in [1.165, 1.54) is 16.3 Å². The first kappa shape index (κ1) is 15.3. The normalized spacial score (nSPS) is 12.2. The van der Waals surface area contributed by atoms with Gasteiger partial charge in [0, 0.05) is 5.92 Å². The van der Waals surface area contributed by atoms with Gasteiger partial charge in [-0.1, -0.05) is 54.6 Å². The number of aromatic carboxylic acids is 1. The number of nitrogens with two attached hydrogens (primary N) is 1. The highest BCUT2D eigenvalue weighted by atomic mass is 16.4. The van der Waals surface area contributed by atoms with Gasteiger partial charge in [-0.3, -0.25) is 0 Å². The zero-order valence-corrected chi connectivity index (χ0v) is 12.8. The van der Waals surface area contributed by atoms with Crippen LogP contribution in [-0.4, -0.2) is 17.6 Å². The monoisotopic (exact) mass is 305 g/mol. The minimum Gasteiger partial charge on any atom is -0.478 e. The van der Waals surface area contributed by atoms with Gasteiger partial charge in [0.2, 0.25) is 0 Å². The van der Waals surface area contributed by atoms with Crippen LogP contribution in [0.1, 0.15) is 27.4 Å². The Morgan fingerprint density at radius 3 is 2.35 bits per heavy atom. The van der Waals surface area contributed by atoms with Crippen LogP contribution in [0, 0.1) is 0 Å². The SMILES string of the molecule is NCC(Cc1ccc(C(=O)O)cc1)c1cccc2ccccc12. The Hall–Kier alpha value is -2.65. The summed E-state index contributed by atoms with van der Waals surface area (Å²) < 4.78 is 0. The summed E-state index contributed by atoms with van der Waals surface area (Å²) in [5, 5.41) is 11.4. The van der Waals surface area contributed by atoms with Crippen molar-refractivity contribution in [2.24, 2.45) is 5.73 Å². The zero-order chi connectivity index (χ0) is 16.2. The topological polar surface area (TPSA) is 63.3 Å². The summed E-state index contributed by atoms with van der Waals surface area (Å²) in [5.74, 6) is -0.697. The first-order chi connectivity index (χ1) is 11.2. The van der Waals surface area contributed by atoms with E-state index in [0.29, 0.717) is 12.1 Å². The molecule has 1 unspecified atom stereocenters. The van der Waals surface area contributed by atoms with Crippen molar-refractivity contribution in [3.8, 4) is 0 Å². The molecule has 0 aliphatic rings. The summed E-state index contributed by atoms with van der Waals surface area (Å²) in [6.07, 6.45) is 0.796. The van der Waals surface area contributed by atoms with Gasteiger partial charge in [-0.05, 0) is 47.0 Å². The molecule has 0 fully saturated rings. The van der Waals surface area contributed by atoms with Crippen LogP contribution < -0.4 is 5.73 Å². The first-order valence-electron chi connectivity index (χ1n) is 7.69. The third-order valence-corrected chi connectivity index (χ3v) is 4.23. The lowest BCUT2D eigenvalue weighted by molar-refractivity contribution is 0.0697. The molecule has 23 heavy (non-hydrogen) atoms. The Bertz CT molecular complexity index is 819. The van der Waals surface area contributed by atoms with Crippen molar-refractivity contribution in [3.05, 3.63) is 83.4 Å². The van der Waals surface area contributed by atoms with E-state index < -0.39 is 5.97 Å². The number of carboxylic acids is 1. The van der Waals surface area contributed by atoms with Gasteiger partial charge in [0.1, 0.15) is 0 Å². The summed E-state index contributed by atoms with van der Waals surface area (Å²) >= 11 is 0. The number of hydrogen-bond donors (Lipinski definition) is 2. The van der Waals surface area contributed by atoms with Crippen molar-refractivity contribution >= 4 is 16.7 Å².